The van der Waals surface area contributed by atoms with Gasteiger partial charge in [0.25, 0.3) is 0 Å². The third-order valence-corrected chi connectivity index (χ3v) is 5.61. The number of aryl methyl sites for hydroxylation is 1. The van der Waals surface area contributed by atoms with E-state index in [1.54, 1.807) is 17.5 Å². The first-order valence-electron chi connectivity index (χ1n) is 8.75. The molecule has 130 valence electrons. The molecule has 0 spiro atoms. The molecule has 0 saturated heterocycles. The van der Waals surface area contributed by atoms with E-state index in [0.29, 0.717) is 12.6 Å². The van der Waals surface area contributed by atoms with Crippen LogP contribution in [0.5, 0.6) is 0 Å². The molecule has 0 aliphatic heterocycles. The van der Waals surface area contributed by atoms with E-state index in [-0.39, 0.29) is 12.1 Å². The zero-order valence-electron chi connectivity index (χ0n) is 14.4. The maximum Gasteiger partial charge on any atom is 0.318 e. The summed E-state index contributed by atoms with van der Waals surface area (Å²) >= 11 is 1.68. The number of hydrogen-bond acceptors (Lipinski definition) is 3. The van der Waals surface area contributed by atoms with Crippen LogP contribution in [-0.4, -0.2) is 26.8 Å². The molecule has 1 saturated carbocycles. The van der Waals surface area contributed by atoms with E-state index in [1.165, 1.54) is 18.4 Å². The summed E-state index contributed by atoms with van der Waals surface area (Å²) in [6.07, 6.45) is 7.29. The van der Waals surface area contributed by atoms with Gasteiger partial charge in [0.05, 0.1) is 11.7 Å². The summed E-state index contributed by atoms with van der Waals surface area (Å²) in [4.78, 5) is 15.1. The molecule has 1 fully saturated rings. The number of thiophene rings is 1. The quantitative estimate of drug-likeness (QED) is 0.856. The molecule has 2 amide bonds. The van der Waals surface area contributed by atoms with Crippen LogP contribution >= 0.6 is 11.3 Å². The minimum absolute atomic E-state index is 0.00335. The van der Waals surface area contributed by atoms with E-state index < -0.39 is 0 Å². The van der Waals surface area contributed by atoms with Gasteiger partial charge >= 0.3 is 6.03 Å². The minimum Gasteiger partial charge on any atom is -0.330 e. The lowest BCUT2D eigenvalue weighted by atomic mass is 10.1. The van der Waals surface area contributed by atoms with Crippen LogP contribution in [0.2, 0.25) is 0 Å². The smallest absolute Gasteiger partial charge is 0.318 e. The van der Waals surface area contributed by atoms with Crippen molar-refractivity contribution in [2.45, 2.75) is 57.7 Å². The van der Waals surface area contributed by atoms with E-state index >= 15 is 0 Å². The number of carbonyl (C=O) groups is 1. The first kappa shape index (κ1) is 17.0. The lowest BCUT2D eigenvalue weighted by Gasteiger charge is -2.31. The van der Waals surface area contributed by atoms with Crippen LogP contribution in [0.1, 0.15) is 56.3 Å². The minimum atomic E-state index is -0.00335. The third kappa shape index (κ3) is 3.80. The first-order valence-corrected chi connectivity index (χ1v) is 9.69. The molecular formula is C18H26N4OS. The second kappa shape index (κ2) is 7.83. The Morgan fingerprint density at radius 3 is 2.83 bits per heavy atom. The van der Waals surface area contributed by atoms with Gasteiger partial charge in [-0.2, -0.15) is 16.4 Å². The van der Waals surface area contributed by atoms with Gasteiger partial charge in [0.1, 0.15) is 0 Å². The maximum absolute atomic E-state index is 13.0. The number of nitrogens with zero attached hydrogens (tertiary/aromatic N) is 3. The largest absolute Gasteiger partial charge is 0.330 e. The number of hydrogen-bond donors (Lipinski definition) is 1. The second-order valence-electron chi connectivity index (χ2n) is 6.49. The Morgan fingerprint density at radius 1 is 1.46 bits per heavy atom. The van der Waals surface area contributed by atoms with Crippen molar-refractivity contribution in [3.63, 3.8) is 0 Å². The summed E-state index contributed by atoms with van der Waals surface area (Å²) in [7, 11) is 1.92. The van der Waals surface area contributed by atoms with Crippen molar-refractivity contribution < 1.29 is 4.79 Å². The lowest BCUT2D eigenvalue weighted by Crippen LogP contribution is -2.46. The van der Waals surface area contributed by atoms with E-state index in [4.69, 9.17) is 0 Å². The van der Waals surface area contributed by atoms with E-state index in [0.717, 1.165) is 25.0 Å². The molecule has 0 bridgehead atoms. The standard InChI is InChI=1S/C18H26N4OS/c1-3-16(17-8-10-19-21(17)2)20-18(23)22(15-6-4-5-7-15)12-14-9-11-24-13-14/h8-11,13,15-16H,3-7,12H2,1-2H3,(H,20,23). The fourth-order valence-electron chi connectivity index (χ4n) is 3.50. The third-order valence-electron chi connectivity index (χ3n) is 4.88. The number of amides is 2. The molecule has 1 N–H and O–H groups in total. The van der Waals surface area contributed by atoms with Gasteiger partial charge in [-0.05, 0) is 47.7 Å². The van der Waals surface area contributed by atoms with Gasteiger partial charge in [0, 0.05) is 25.8 Å². The summed E-state index contributed by atoms with van der Waals surface area (Å²) in [5, 5.41) is 11.7. The van der Waals surface area contributed by atoms with Crippen LogP contribution in [0.25, 0.3) is 0 Å². The predicted octanol–water partition coefficient (Wildman–Crippen LogP) is 4.09. The van der Waals surface area contributed by atoms with Crippen LogP contribution < -0.4 is 5.32 Å². The summed E-state index contributed by atoms with van der Waals surface area (Å²) < 4.78 is 1.84. The van der Waals surface area contributed by atoms with Crippen molar-refractivity contribution in [2.75, 3.05) is 0 Å². The topological polar surface area (TPSA) is 50.2 Å². The van der Waals surface area contributed by atoms with Gasteiger partial charge in [-0.15, -0.1) is 0 Å². The molecular weight excluding hydrogens is 320 g/mol. The Labute approximate surface area is 147 Å². The Balaban J connectivity index is 1.73. The average Bonchev–Trinajstić information content (AvgIpc) is 3.32. The summed E-state index contributed by atoms with van der Waals surface area (Å²) in [6, 6.07) is 4.48. The fourth-order valence-corrected chi connectivity index (χ4v) is 4.16. The monoisotopic (exact) mass is 346 g/mol. The highest BCUT2D eigenvalue weighted by Gasteiger charge is 2.28. The maximum atomic E-state index is 13.0. The van der Waals surface area contributed by atoms with Gasteiger partial charge in [-0.25, -0.2) is 4.79 Å². The second-order valence-corrected chi connectivity index (χ2v) is 7.27. The van der Waals surface area contributed by atoms with E-state index in [2.05, 4.69) is 34.2 Å². The van der Waals surface area contributed by atoms with Crippen molar-refractivity contribution in [1.29, 1.82) is 0 Å². The number of aromatic nitrogens is 2. The lowest BCUT2D eigenvalue weighted by molar-refractivity contribution is 0.166. The average molecular weight is 347 g/mol. The van der Waals surface area contributed by atoms with Crippen molar-refractivity contribution in [1.82, 2.24) is 20.0 Å². The molecule has 3 rings (SSSR count). The normalized spacial score (nSPS) is 16.2. The van der Waals surface area contributed by atoms with Crippen LogP contribution in [0.4, 0.5) is 4.79 Å². The molecule has 1 atom stereocenters. The summed E-state index contributed by atoms with van der Waals surface area (Å²) in [6.45, 7) is 2.79. The molecule has 2 aromatic heterocycles. The summed E-state index contributed by atoms with van der Waals surface area (Å²) in [5.74, 6) is 0. The Morgan fingerprint density at radius 2 is 2.25 bits per heavy atom. The number of rotatable bonds is 6. The highest BCUT2D eigenvalue weighted by Crippen LogP contribution is 2.26. The SMILES string of the molecule is CCC(NC(=O)N(Cc1ccsc1)C1CCCC1)c1ccnn1C. The van der Waals surface area contributed by atoms with Crippen LogP contribution in [0.15, 0.2) is 29.1 Å². The van der Waals surface area contributed by atoms with Crippen molar-refractivity contribution in [3.05, 3.63) is 40.3 Å². The molecule has 0 aromatic carbocycles. The van der Waals surface area contributed by atoms with E-state index in [1.807, 2.05) is 22.7 Å². The zero-order chi connectivity index (χ0) is 16.9. The fraction of sp³-hybridized carbons (Fsp3) is 0.556. The van der Waals surface area contributed by atoms with Crippen LogP contribution in [0, 0.1) is 0 Å². The zero-order valence-corrected chi connectivity index (χ0v) is 15.3. The highest BCUT2D eigenvalue weighted by atomic mass is 32.1. The summed E-state index contributed by atoms with van der Waals surface area (Å²) in [5.41, 5.74) is 2.27. The first-order chi connectivity index (χ1) is 11.7. The highest BCUT2D eigenvalue weighted by molar-refractivity contribution is 7.07. The molecule has 1 aliphatic carbocycles. The van der Waals surface area contributed by atoms with Gasteiger partial charge in [-0.1, -0.05) is 19.8 Å². The Bertz CT molecular complexity index is 646. The van der Waals surface area contributed by atoms with E-state index in [9.17, 15) is 4.79 Å². The van der Waals surface area contributed by atoms with Crippen molar-refractivity contribution >= 4 is 17.4 Å². The molecule has 0 radical (unpaired) electrons. The van der Waals surface area contributed by atoms with Crippen LogP contribution in [0.3, 0.4) is 0 Å². The molecule has 2 aromatic rings. The number of nitrogens with one attached hydrogen (secondary N) is 1. The molecule has 6 heteroatoms. The molecule has 1 aliphatic rings. The number of urea groups is 1. The van der Waals surface area contributed by atoms with Gasteiger partial charge in [-0.3, -0.25) is 4.68 Å². The predicted molar refractivity (Wildman–Crippen MR) is 96.9 cm³/mol. The van der Waals surface area contributed by atoms with Gasteiger partial charge < -0.3 is 10.2 Å². The van der Waals surface area contributed by atoms with Crippen molar-refractivity contribution in [2.24, 2.45) is 7.05 Å². The molecule has 24 heavy (non-hydrogen) atoms. The van der Waals surface area contributed by atoms with Gasteiger partial charge in [0.15, 0.2) is 0 Å². The van der Waals surface area contributed by atoms with Crippen LogP contribution in [-0.2, 0) is 13.6 Å². The van der Waals surface area contributed by atoms with Gasteiger partial charge in [0.2, 0.25) is 0 Å². The molecule has 2 heterocycles. The molecule has 5 nitrogen and oxygen atoms in total. The molecule has 1 unspecified atom stereocenters. The van der Waals surface area contributed by atoms with Crippen molar-refractivity contribution in [3.8, 4) is 0 Å². The number of carbonyl (C=O) groups excluding carboxylic acids is 1. The Kier molecular flexibility index (Phi) is 5.56. The Hall–Kier alpha value is -1.82.